The Kier molecular flexibility index (Phi) is 4.47. The van der Waals surface area contributed by atoms with Gasteiger partial charge in [0.15, 0.2) is 0 Å². The van der Waals surface area contributed by atoms with Gasteiger partial charge in [-0.2, -0.15) is 5.10 Å². The Bertz CT molecular complexity index is 620. The number of aromatic nitrogens is 3. The molecule has 2 aromatic rings. The fourth-order valence-corrected chi connectivity index (χ4v) is 2.54. The summed E-state index contributed by atoms with van der Waals surface area (Å²) in [6.07, 6.45) is 4.77. The molecule has 4 nitrogen and oxygen atoms in total. The highest BCUT2D eigenvalue weighted by molar-refractivity contribution is 5.42. The molecule has 0 spiro atoms. The van der Waals surface area contributed by atoms with Gasteiger partial charge in [-0.15, -0.1) is 0 Å². The Morgan fingerprint density at radius 3 is 2.52 bits per heavy atom. The second-order valence-electron chi connectivity index (χ2n) is 6.52. The topological polar surface area (TPSA) is 42.7 Å². The SMILES string of the molecule is CCc1c(C)nn(-c2ccncc2CNC(C)(C)C)c1C. The summed E-state index contributed by atoms with van der Waals surface area (Å²) in [5.41, 5.74) is 6.03. The highest BCUT2D eigenvalue weighted by Gasteiger charge is 2.15. The first-order valence-electron chi connectivity index (χ1n) is 7.57. The first-order chi connectivity index (χ1) is 9.83. The van der Waals surface area contributed by atoms with Crippen LogP contribution < -0.4 is 5.32 Å². The van der Waals surface area contributed by atoms with Crippen molar-refractivity contribution >= 4 is 0 Å². The third kappa shape index (κ3) is 3.50. The van der Waals surface area contributed by atoms with Crippen LogP contribution in [0, 0.1) is 13.8 Å². The lowest BCUT2D eigenvalue weighted by atomic mass is 10.1. The Morgan fingerprint density at radius 2 is 1.95 bits per heavy atom. The zero-order valence-electron chi connectivity index (χ0n) is 14.0. The van der Waals surface area contributed by atoms with Crippen molar-refractivity contribution in [3.63, 3.8) is 0 Å². The van der Waals surface area contributed by atoms with E-state index in [1.54, 1.807) is 0 Å². The number of hydrogen-bond acceptors (Lipinski definition) is 3. The van der Waals surface area contributed by atoms with Crippen molar-refractivity contribution in [2.45, 2.75) is 60.0 Å². The summed E-state index contributed by atoms with van der Waals surface area (Å²) in [5.74, 6) is 0. The predicted molar refractivity (Wildman–Crippen MR) is 86.8 cm³/mol. The van der Waals surface area contributed by atoms with Gasteiger partial charge >= 0.3 is 0 Å². The van der Waals surface area contributed by atoms with Crippen LogP contribution in [0.3, 0.4) is 0 Å². The smallest absolute Gasteiger partial charge is 0.0724 e. The molecule has 2 heterocycles. The lowest BCUT2D eigenvalue weighted by Crippen LogP contribution is -2.35. The van der Waals surface area contributed by atoms with Crippen molar-refractivity contribution in [3.05, 3.63) is 41.0 Å². The summed E-state index contributed by atoms with van der Waals surface area (Å²) in [7, 11) is 0. The molecule has 0 fully saturated rings. The van der Waals surface area contributed by atoms with Crippen LogP contribution in [0.4, 0.5) is 0 Å². The minimum atomic E-state index is 0.0801. The van der Waals surface area contributed by atoms with Crippen LogP contribution in [0.2, 0.25) is 0 Å². The van der Waals surface area contributed by atoms with Gasteiger partial charge in [-0.05, 0) is 52.7 Å². The summed E-state index contributed by atoms with van der Waals surface area (Å²) >= 11 is 0. The van der Waals surface area contributed by atoms with Gasteiger partial charge in [0.1, 0.15) is 0 Å². The van der Waals surface area contributed by atoms with E-state index < -0.39 is 0 Å². The number of aryl methyl sites for hydroxylation is 1. The number of nitrogens with one attached hydrogen (secondary N) is 1. The fourth-order valence-electron chi connectivity index (χ4n) is 2.54. The van der Waals surface area contributed by atoms with Crippen LogP contribution in [-0.2, 0) is 13.0 Å². The fraction of sp³-hybridized carbons (Fsp3) is 0.529. The Labute approximate surface area is 127 Å². The van der Waals surface area contributed by atoms with E-state index in [0.717, 1.165) is 24.3 Å². The molecule has 0 radical (unpaired) electrons. The maximum absolute atomic E-state index is 4.72. The van der Waals surface area contributed by atoms with E-state index in [1.807, 2.05) is 18.5 Å². The van der Waals surface area contributed by atoms with Gasteiger partial charge in [-0.25, -0.2) is 4.68 Å². The molecule has 0 saturated carbocycles. The van der Waals surface area contributed by atoms with Crippen molar-refractivity contribution in [3.8, 4) is 5.69 Å². The quantitative estimate of drug-likeness (QED) is 0.937. The number of pyridine rings is 1. The van der Waals surface area contributed by atoms with E-state index in [2.05, 4.69) is 56.5 Å². The first-order valence-corrected chi connectivity index (χ1v) is 7.57. The maximum atomic E-state index is 4.72. The van der Waals surface area contributed by atoms with Crippen LogP contribution in [0.5, 0.6) is 0 Å². The summed E-state index contributed by atoms with van der Waals surface area (Å²) in [6, 6.07) is 2.04. The molecule has 0 bridgehead atoms. The van der Waals surface area contributed by atoms with Crippen molar-refractivity contribution in [2.24, 2.45) is 0 Å². The lowest BCUT2D eigenvalue weighted by Gasteiger charge is -2.21. The molecule has 0 aliphatic heterocycles. The van der Waals surface area contributed by atoms with Gasteiger partial charge in [0.05, 0.1) is 11.4 Å². The Balaban J connectivity index is 2.41. The zero-order valence-corrected chi connectivity index (χ0v) is 14.0. The van der Waals surface area contributed by atoms with Crippen LogP contribution in [-0.4, -0.2) is 20.3 Å². The molecule has 4 heteroatoms. The maximum Gasteiger partial charge on any atom is 0.0724 e. The average molecular weight is 286 g/mol. The van der Waals surface area contributed by atoms with Gasteiger partial charge in [0.2, 0.25) is 0 Å². The van der Waals surface area contributed by atoms with E-state index in [4.69, 9.17) is 5.10 Å². The van der Waals surface area contributed by atoms with Gasteiger partial charge in [0.25, 0.3) is 0 Å². The summed E-state index contributed by atoms with van der Waals surface area (Å²) in [6.45, 7) is 13.7. The van der Waals surface area contributed by atoms with E-state index in [9.17, 15) is 0 Å². The second-order valence-corrected chi connectivity index (χ2v) is 6.52. The highest BCUT2D eigenvalue weighted by atomic mass is 15.3. The minimum Gasteiger partial charge on any atom is -0.308 e. The standard InChI is InChI=1S/C17H26N4/c1-7-15-12(2)20-21(13(15)3)16-8-9-18-10-14(16)11-19-17(4,5)6/h8-10,19H,7,11H2,1-6H3. The molecule has 1 N–H and O–H groups in total. The molecule has 2 rings (SSSR count). The molecule has 0 atom stereocenters. The van der Waals surface area contributed by atoms with Gasteiger partial charge in [0, 0.05) is 35.7 Å². The van der Waals surface area contributed by atoms with E-state index in [0.29, 0.717) is 0 Å². The molecule has 0 saturated heterocycles. The highest BCUT2D eigenvalue weighted by Crippen LogP contribution is 2.21. The first kappa shape index (κ1) is 15.7. The molecule has 114 valence electrons. The normalized spacial score (nSPS) is 11.9. The number of hydrogen-bond donors (Lipinski definition) is 1. The molecule has 2 aromatic heterocycles. The van der Waals surface area contributed by atoms with E-state index in [1.165, 1.54) is 16.8 Å². The number of nitrogens with zero attached hydrogens (tertiary/aromatic N) is 3. The van der Waals surface area contributed by atoms with Gasteiger partial charge in [-0.3, -0.25) is 4.98 Å². The molecule has 0 unspecified atom stereocenters. The molecule has 0 aromatic carbocycles. The molecule has 21 heavy (non-hydrogen) atoms. The molecular weight excluding hydrogens is 260 g/mol. The van der Waals surface area contributed by atoms with Gasteiger partial charge in [-0.1, -0.05) is 6.92 Å². The molecule has 0 amide bonds. The summed E-state index contributed by atoms with van der Waals surface area (Å²) < 4.78 is 2.05. The number of rotatable bonds is 4. The van der Waals surface area contributed by atoms with Crippen LogP contribution in [0.25, 0.3) is 5.69 Å². The van der Waals surface area contributed by atoms with Crippen LogP contribution in [0.15, 0.2) is 18.5 Å². The van der Waals surface area contributed by atoms with Crippen molar-refractivity contribution in [1.29, 1.82) is 0 Å². The third-order valence-corrected chi connectivity index (χ3v) is 3.71. The molecule has 0 aliphatic rings. The van der Waals surface area contributed by atoms with Crippen LogP contribution >= 0.6 is 0 Å². The van der Waals surface area contributed by atoms with E-state index in [-0.39, 0.29) is 5.54 Å². The molecule has 0 aliphatic carbocycles. The summed E-state index contributed by atoms with van der Waals surface area (Å²) in [5, 5.41) is 8.24. The predicted octanol–water partition coefficient (Wildman–Crippen LogP) is 3.33. The second kappa shape index (κ2) is 5.98. The summed E-state index contributed by atoms with van der Waals surface area (Å²) in [4.78, 5) is 4.27. The monoisotopic (exact) mass is 286 g/mol. The third-order valence-electron chi connectivity index (χ3n) is 3.71. The van der Waals surface area contributed by atoms with E-state index >= 15 is 0 Å². The van der Waals surface area contributed by atoms with Crippen molar-refractivity contribution in [2.75, 3.05) is 0 Å². The van der Waals surface area contributed by atoms with Crippen molar-refractivity contribution in [1.82, 2.24) is 20.1 Å². The largest absolute Gasteiger partial charge is 0.308 e. The average Bonchev–Trinajstić information content (AvgIpc) is 2.70. The molecular formula is C17H26N4. The minimum absolute atomic E-state index is 0.0801. The van der Waals surface area contributed by atoms with Crippen LogP contribution in [0.1, 0.15) is 50.2 Å². The van der Waals surface area contributed by atoms with Gasteiger partial charge < -0.3 is 5.32 Å². The Morgan fingerprint density at radius 1 is 1.24 bits per heavy atom. The lowest BCUT2D eigenvalue weighted by molar-refractivity contribution is 0.423. The Hall–Kier alpha value is -1.68. The zero-order chi connectivity index (χ0) is 15.6. The van der Waals surface area contributed by atoms with Crippen molar-refractivity contribution < 1.29 is 0 Å².